The summed E-state index contributed by atoms with van der Waals surface area (Å²) in [6.45, 7) is 0.344. The van der Waals surface area contributed by atoms with Gasteiger partial charge in [0, 0.05) is 12.3 Å². The molecule has 0 aromatic carbocycles. The number of thioether (sulfide) groups is 1. The van der Waals surface area contributed by atoms with Crippen LogP contribution >= 0.6 is 11.8 Å². The Kier molecular flexibility index (Phi) is 4.19. The molecule has 1 amide bonds. The smallest absolute Gasteiger partial charge is 0.327 e. The fraction of sp³-hybridized carbons (Fsp3) is 0.867. The largest absolute Gasteiger partial charge is 0.480 e. The molecule has 0 spiro atoms. The number of hydrogen-bond acceptors (Lipinski definition) is 4. The van der Waals surface area contributed by atoms with Gasteiger partial charge in [0.2, 0.25) is 5.91 Å². The summed E-state index contributed by atoms with van der Waals surface area (Å²) in [4.78, 5) is 26.4. The summed E-state index contributed by atoms with van der Waals surface area (Å²) >= 11 is 1.64. The number of aliphatic carboxylic acids is 1. The number of carboxylic acid groups (broad SMARTS) is 1. The molecule has 0 aromatic rings. The van der Waals surface area contributed by atoms with Crippen molar-refractivity contribution in [2.24, 2.45) is 17.1 Å². The second-order valence-corrected chi connectivity index (χ2v) is 7.82. The lowest BCUT2D eigenvalue weighted by atomic mass is 9.72. The highest BCUT2D eigenvalue weighted by Gasteiger charge is 2.52. The second kappa shape index (κ2) is 5.80. The average molecular weight is 312 g/mol. The number of nitrogens with two attached hydrogens (primary N) is 1. The molecule has 2 atom stereocenters. The second-order valence-electron chi connectivity index (χ2n) is 6.67. The molecule has 0 bridgehead atoms. The van der Waals surface area contributed by atoms with Crippen molar-refractivity contribution in [3.63, 3.8) is 0 Å². The van der Waals surface area contributed by atoms with Crippen LogP contribution in [0.2, 0.25) is 0 Å². The van der Waals surface area contributed by atoms with Crippen LogP contribution in [-0.2, 0) is 9.59 Å². The van der Waals surface area contributed by atoms with E-state index in [1.807, 2.05) is 0 Å². The molecule has 1 aliphatic heterocycles. The van der Waals surface area contributed by atoms with Crippen molar-refractivity contribution < 1.29 is 14.7 Å². The summed E-state index contributed by atoms with van der Waals surface area (Å²) in [7, 11) is 0. The third kappa shape index (κ3) is 2.68. The number of carboxylic acids is 1. The van der Waals surface area contributed by atoms with Gasteiger partial charge in [-0.15, -0.1) is 11.8 Å². The highest BCUT2D eigenvalue weighted by Crippen LogP contribution is 2.48. The fourth-order valence-electron chi connectivity index (χ4n) is 3.73. The molecule has 3 rings (SSSR count). The van der Waals surface area contributed by atoms with Crippen LogP contribution in [0.4, 0.5) is 0 Å². The van der Waals surface area contributed by atoms with Crippen LogP contribution in [-0.4, -0.2) is 45.6 Å². The Morgan fingerprint density at radius 1 is 1.24 bits per heavy atom. The van der Waals surface area contributed by atoms with Crippen molar-refractivity contribution in [1.29, 1.82) is 0 Å². The average Bonchev–Trinajstić information content (AvgIpc) is 3.25. The quantitative estimate of drug-likeness (QED) is 0.825. The molecule has 1 heterocycles. The van der Waals surface area contributed by atoms with Gasteiger partial charge in [-0.3, -0.25) is 4.79 Å². The number of amides is 1. The molecule has 3 aliphatic rings. The Bertz CT molecular complexity index is 433. The van der Waals surface area contributed by atoms with E-state index in [-0.39, 0.29) is 11.3 Å². The monoisotopic (exact) mass is 312 g/mol. The summed E-state index contributed by atoms with van der Waals surface area (Å²) in [5.74, 6) is 0.144. The van der Waals surface area contributed by atoms with Crippen molar-refractivity contribution in [3.05, 3.63) is 0 Å². The van der Waals surface area contributed by atoms with E-state index in [9.17, 15) is 14.7 Å². The van der Waals surface area contributed by atoms with Crippen LogP contribution in [0.15, 0.2) is 0 Å². The van der Waals surface area contributed by atoms with Gasteiger partial charge < -0.3 is 15.7 Å². The van der Waals surface area contributed by atoms with Gasteiger partial charge >= 0.3 is 5.97 Å². The predicted molar refractivity (Wildman–Crippen MR) is 81.8 cm³/mol. The van der Waals surface area contributed by atoms with Crippen molar-refractivity contribution in [3.8, 4) is 0 Å². The molecule has 0 radical (unpaired) electrons. The van der Waals surface area contributed by atoms with Crippen molar-refractivity contribution >= 4 is 23.6 Å². The maximum Gasteiger partial charge on any atom is 0.327 e. The minimum Gasteiger partial charge on any atom is -0.480 e. The van der Waals surface area contributed by atoms with Crippen LogP contribution in [0.1, 0.15) is 44.9 Å². The Morgan fingerprint density at radius 2 is 1.90 bits per heavy atom. The molecule has 3 N–H and O–H groups in total. The van der Waals surface area contributed by atoms with Crippen LogP contribution in [0.5, 0.6) is 0 Å². The Labute approximate surface area is 129 Å². The van der Waals surface area contributed by atoms with Crippen LogP contribution < -0.4 is 5.73 Å². The van der Waals surface area contributed by atoms with Gasteiger partial charge in [0.15, 0.2) is 0 Å². The van der Waals surface area contributed by atoms with Gasteiger partial charge in [-0.2, -0.15) is 0 Å². The fourth-order valence-corrected chi connectivity index (χ4v) is 5.36. The SMILES string of the molecule is NCC1(C(=O)N2C(C(=O)O)CSC2C2CC2)CCCCC1. The topological polar surface area (TPSA) is 83.6 Å². The number of hydrogen-bond donors (Lipinski definition) is 2. The first kappa shape index (κ1) is 15.2. The van der Waals surface area contributed by atoms with Gasteiger partial charge in [-0.25, -0.2) is 4.79 Å². The third-order valence-corrected chi connectivity index (χ3v) is 6.70. The van der Waals surface area contributed by atoms with Crippen LogP contribution in [0, 0.1) is 11.3 Å². The van der Waals surface area contributed by atoms with Gasteiger partial charge in [0.05, 0.1) is 10.8 Å². The number of nitrogens with zero attached hydrogens (tertiary/aromatic N) is 1. The standard InChI is InChI=1S/C15H24N2O3S/c16-9-15(6-2-1-3-7-15)14(20)17-11(13(18)19)8-21-12(17)10-4-5-10/h10-12H,1-9,16H2,(H,18,19). The molecule has 3 fully saturated rings. The number of carbonyl (C=O) groups excluding carboxylic acids is 1. The zero-order valence-corrected chi connectivity index (χ0v) is 13.1. The summed E-state index contributed by atoms with van der Waals surface area (Å²) < 4.78 is 0. The maximum absolute atomic E-state index is 13.2. The van der Waals surface area contributed by atoms with E-state index in [0.29, 0.717) is 18.2 Å². The van der Waals surface area contributed by atoms with Gasteiger partial charge in [0.1, 0.15) is 6.04 Å². The van der Waals surface area contributed by atoms with Crippen LogP contribution in [0.25, 0.3) is 0 Å². The van der Waals surface area contributed by atoms with Gasteiger partial charge in [-0.1, -0.05) is 19.3 Å². The molecule has 21 heavy (non-hydrogen) atoms. The van der Waals surface area contributed by atoms with E-state index in [4.69, 9.17) is 5.73 Å². The van der Waals surface area contributed by atoms with E-state index in [1.165, 1.54) is 0 Å². The summed E-state index contributed by atoms with van der Waals surface area (Å²) in [6.07, 6.45) is 7.05. The molecular formula is C15H24N2O3S. The Balaban J connectivity index is 1.86. The van der Waals surface area contributed by atoms with E-state index in [1.54, 1.807) is 16.7 Å². The van der Waals surface area contributed by atoms with Crippen molar-refractivity contribution in [1.82, 2.24) is 4.90 Å². The third-order valence-electron chi connectivity index (χ3n) is 5.23. The van der Waals surface area contributed by atoms with Crippen LogP contribution in [0.3, 0.4) is 0 Å². The van der Waals surface area contributed by atoms with E-state index in [2.05, 4.69) is 0 Å². The molecule has 118 valence electrons. The molecule has 2 unspecified atom stereocenters. The normalized spacial score (nSPS) is 32.1. The zero-order chi connectivity index (χ0) is 15.0. The highest BCUT2D eigenvalue weighted by atomic mass is 32.2. The number of rotatable bonds is 4. The van der Waals surface area contributed by atoms with E-state index < -0.39 is 17.4 Å². The lowest BCUT2D eigenvalue weighted by Crippen LogP contribution is -2.55. The lowest BCUT2D eigenvalue weighted by molar-refractivity contribution is -0.155. The Morgan fingerprint density at radius 3 is 2.43 bits per heavy atom. The van der Waals surface area contributed by atoms with E-state index >= 15 is 0 Å². The van der Waals surface area contributed by atoms with Gasteiger partial charge in [0.25, 0.3) is 0 Å². The molecule has 2 saturated carbocycles. The first-order chi connectivity index (χ1) is 10.1. The maximum atomic E-state index is 13.2. The van der Waals surface area contributed by atoms with Crippen molar-refractivity contribution in [2.45, 2.75) is 56.4 Å². The first-order valence-electron chi connectivity index (χ1n) is 7.96. The molecular weight excluding hydrogens is 288 g/mol. The van der Waals surface area contributed by atoms with E-state index in [0.717, 1.165) is 44.9 Å². The Hall–Kier alpha value is -0.750. The first-order valence-corrected chi connectivity index (χ1v) is 9.01. The molecule has 5 nitrogen and oxygen atoms in total. The minimum atomic E-state index is -0.873. The zero-order valence-electron chi connectivity index (χ0n) is 12.3. The predicted octanol–water partition coefficient (Wildman–Crippen LogP) is 1.66. The molecule has 6 heteroatoms. The number of carbonyl (C=O) groups is 2. The summed E-state index contributed by atoms with van der Waals surface area (Å²) in [5.41, 5.74) is 5.45. The summed E-state index contributed by atoms with van der Waals surface area (Å²) in [5, 5.41) is 9.53. The van der Waals surface area contributed by atoms with Crippen molar-refractivity contribution in [2.75, 3.05) is 12.3 Å². The lowest BCUT2D eigenvalue weighted by Gasteiger charge is -2.40. The minimum absolute atomic E-state index is 0.0130. The molecule has 0 aromatic heterocycles. The highest BCUT2D eigenvalue weighted by molar-refractivity contribution is 8.00. The summed E-state index contributed by atoms with van der Waals surface area (Å²) in [6, 6.07) is -0.668. The van der Waals surface area contributed by atoms with Gasteiger partial charge in [-0.05, 0) is 31.6 Å². The molecule has 1 saturated heterocycles. The molecule has 2 aliphatic carbocycles.